The molecule has 0 aromatic carbocycles. The summed E-state index contributed by atoms with van der Waals surface area (Å²) in [5.41, 5.74) is 3.08. The normalized spacial score (nSPS) is 11.2. The predicted molar refractivity (Wildman–Crippen MR) is 84.2 cm³/mol. The fourth-order valence-electron chi connectivity index (χ4n) is 2.17. The summed E-state index contributed by atoms with van der Waals surface area (Å²) in [5.74, 6) is -0.754. The van der Waals surface area contributed by atoms with Crippen LogP contribution in [0.25, 0.3) is 0 Å². The van der Waals surface area contributed by atoms with Gasteiger partial charge < -0.3 is 15.0 Å². The molecule has 0 radical (unpaired) electrons. The van der Waals surface area contributed by atoms with E-state index in [0.717, 1.165) is 28.2 Å². The van der Waals surface area contributed by atoms with Crippen LogP contribution in [0.3, 0.4) is 0 Å². The van der Waals surface area contributed by atoms with E-state index in [1.54, 1.807) is 13.0 Å². The summed E-state index contributed by atoms with van der Waals surface area (Å²) in [6.07, 6.45) is -3.67. The molecule has 0 saturated carbocycles. The molecule has 2 aromatic heterocycles. The molecule has 2 aromatic rings. The average molecular weight is 371 g/mol. The maximum Gasteiger partial charge on any atom is 0.421 e. The van der Waals surface area contributed by atoms with Gasteiger partial charge in [0, 0.05) is 11.8 Å². The lowest BCUT2D eigenvalue weighted by Gasteiger charge is -2.11. The van der Waals surface area contributed by atoms with Gasteiger partial charge >= 0.3 is 12.1 Å². The number of ether oxygens (including phenoxy) is 1. The molecule has 0 aliphatic heterocycles. The molecule has 0 saturated heterocycles. The quantitative estimate of drug-likeness (QED) is 0.833. The fraction of sp³-hybridized carbons (Fsp3) is 0.267. The number of thiophene rings is 1. The van der Waals surface area contributed by atoms with Crippen molar-refractivity contribution in [3.63, 3.8) is 0 Å². The lowest BCUT2D eigenvalue weighted by atomic mass is 10.1. The van der Waals surface area contributed by atoms with Gasteiger partial charge in [-0.15, -0.1) is 11.3 Å². The Hall–Kier alpha value is -2.80. The first-order valence-corrected chi connectivity index (χ1v) is 7.77. The highest BCUT2D eigenvalue weighted by Crippen LogP contribution is 2.32. The second kappa shape index (κ2) is 6.98. The molecule has 2 N–H and O–H groups in total. The Kier molecular flexibility index (Phi) is 5.18. The third-order valence-corrected chi connectivity index (χ3v) is 4.30. The van der Waals surface area contributed by atoms with Gasteiger partial charge in [-0.05, 0) is 19.1 Å². The zero-order valence-electron chi connectivity index (χ0n) is 12.9. The van der Waals surface area contributed by atoms with Crippen molar-refractivity contribution in [1.29, 1.82) is 5.26 Å². The number of nitrogen functional groups attached to an aromatic ring is 1. The van der Waals surface area contributed by atoms with E-state index in [9.17, 15) is 28.0 Å². The molecule has 0 atom stereocenters. The van der Waals surface area contributed by atoms with Gasteiger partial charge in [-0.2, -0.15) is 18.4 Å². The Bertz CT molecular complexity index is 909. The van der Waals surface area contributed by atoms with Crippen LogP contribution in [0.5, 0.6) is 0 Å². The lowest BCUT2D eigenvalue weighted by molar-refractivity contribution is -0.138. The van der Waals surface area contributed by atoms with Crippen molar-refractivity contribution in [2.24, 2.45) is 0 Å². The van der Waals surface area contributed by atoms with Crippen LogP contribution in [0, 0.1) is 11.3 Å². The number of rotatable bonds is 4. The van der Waals surface area contributed by atoms with E-state index in [2.05, 4.69) is 0 Å². The molecule has 6 nitrogen and oxygen atoms in total. The molecule has 2 heterocycles. The summed E-state index contributed by atoms with van der Waals surface area (Å²) in [6.45, 7) is 1.24. The van der Waals surface area contributed by atoms with Crippen LogP contribution < -0.4 is 11.3 Å². The second-order valence-electron chi connectivity index (χ2n) is 4.83. The summed E-state index contributed by atoms with van der Waals surface area (Å²) >= 11 is 0.792. The molecule has 2 rings (SSSR count). The van der Waals surface area contributed by atoms with E-state index >= 15 is 0 Å². The van der Waals surface area contributed by atoms with Crippen molar-refractivity contribution in [3.8, 4) is 6.07 Å². The number of alkyl halides is 3. The van der Waals surface area contributed by atoms with Crippen molar-refractivity contribution < 1.29 is 22.7 Å². The van der Waals surface area contributed by atoms with Gasteiger partial charge in [-0.3, -0.25) is 4.79 Å². The SMILES string of the molecule is CCOC(=O)c1sc(N)c(C#N)c1Cn1cccc(C(F)(F)F)c1=O. The topological polar surface area (TPSA) is 98.1 Å². The summed E-state index contributed by atoms with van der Waals surface area (Å²) in [5, 5.41) is 9.24. The molecule has 0 amide bonds. The van der Waals surface area contributed by atoms with Crippen molar-refractivity contribution in [3.05, 3.63) is 50.3 Å². The van der Waals surface area contributed by atoms with Crippen LogP contribution in [0.4, 0.5) is 18.2 Å². The van der Waals surface area contributed by atoms with Crippen LogP contribution >= 0.6 is 11.3 Å². The molecule has 0 unspecified atom stereocenters. The van der Waals surface area contributed by atoms with Crippen LogP contribution in [0.1, 0.15) is 33.3 Å². The number of carbonyl (C=O) groups is 1. The maximum atomic E-state index is 12.9. The van der Waals surface area contributed by atoms with Gasteiger partial charge in [0.2, 0.25) is 0 Å². The molecule has 10 heteroatoms. The first-order chi connectivity index (χ1) is 11.7. The first-order valence-electron chi connectivity index (χ1n) is 6.95. The van der Waals surface area contributed by atoms with Crippen molar-refractivity contribution in [1.82, 2.24) is 4.57 Å². The minimum atomic E-state index is -4.81. The minimum absolute atomic E-state index is 0.0137. The van der Waals surface area contributed by atoms with Gasteiger partial charge in [-0.25, -0.2) is 4.79 Å². The number of pyridine rings is 1. The number of anilines is 1. The third kappa shape index (κ3) is 3.66. The number of carbonyl (C=O) groups excluding carboxylic acids is 1. The molecule has 0 bridgehead atoms. The molecule has 0 fully saturated rings. The Morgan fingerprint density at radius 1 is 1.48 bits per heavy atom. The molecular weight excluding hydrogens is 359 g/mol. The smallest absolute Gasteiger partial charge is 0.421 e. The number of nitrogens with zero attached hydrogens (tertiary/aromatic N) is 2. The third-order valence-electron chi connectivity index (χ3n) is 3.26. The molecule has 0 aliphatic rings. The highest BCUT2D eigenvalue weighted by molar-refractivity contribution is 7.18. The van der Waals surface area contributed by atoms with Crippen molar-refractivity contribution in [2.75, 3.05) is 12.3 Å². The van der Waals surface area contributed by atoms with Crippen LogP contribution in [0.15, 0.2) is 23.1 Å². The average Bonchev–Trinajstić information content (AvgIpc) is 2.84. The maximum absolute atomic E-state index is 12.9. The monoisotopic (exact) mass is 371 g/mol. The highest BCUT2D eigenvalue weighted by Gasteiger charge is 2.34. The Morgan fingerprint density at radius 2 is 2.16 bits per heavy atom. The molecule has 132 valence electrons. The zero-order chi connectivity index (χ0) is 18.8. The number of hydrogen-bond acceptors (Lipinski definition) is 6. The van der Waals surface area contributed by atoms with Gasteiger partial charge in [0.25, 0.3) is 5.56 Å². The van der Waals surface area contributed by atoms with Crippen LogP contribution in [-0.4, -0.2) is 17.1 Å². The summed E-state index contributed by atoms with van der Waals surface area (Å²) in [6, 6.07) is 3.54. The summed E-state index contributed by atoms with van der Waals surface area (Å²) in [7, 11) is 0. The number of nitriles is 1. The predicted octanol–water partition coefficient (Wildman–Crippen LogP) is 2.61. The Labute approximate surface area is 143 Å². The van der Waals surface area contributed by atoms with Crippen LogP contribution in [0.2, 0.25) is 0 Å². The van der Waals surface area contributed by atoms with E-state index in [1.807, 2.05) is 0 Å². The largest absolute Gasteiger partial charge is 0.462 e. The van der Waals surface area contributed by atoms with Crippen molar-refractivity contribution in [2.45, 2.75) is 19.6 Å². The van der Waals surface area contributed by atoms with Gasteiger partial charge in [-0.1, -0.05) is 0 Å². The van der Waals surface area contributed by atoms with E-state index in [-0.39, 0.29) is 27.6 Å². The Morgan fingerprint density at radius 3 is 2.72 bits per heavy atom. The van der Waals surface area contributed by atoms with Gasteiger partial charge in [0.1, 0.15) is 21.5 Å². The highest BCUT2D eigenvalue weighted by atomic mass is 32.1. The molecular formula is C15H12F3N3O3S. The summed E-state index contributed by atoms with van der Waals surface area (Å²) in [4.78, 5) is 24.0. The van der Waals surface area contributed by atoms with Crippen LogP contribution in [-0.2, 0) is 17.5 Å². The number of esters is 1. The first kappa shape index (κ1) is 18.5. The van der Waals surface area contributed by atoms with E-state index in [1.165, 1.54) is 0 Å². The second-order valence-corrected chi connectivity index (χ2v) is 5.89. The van der Waals surface area contributed by atoms with E-state index in [4.69, 9.17) is 10.5 Å². The molecule has 0 spiro atoms. The number of aromatic nitrogens is 1. The standard InChI is InChI=1S/C15H12F3N3O3S/c1-2-24-14(23)11-9(8(6-19)12(20)25-11)7-21-5-3-4-10(13(21)22)15(16,17)18/h3-5H,2,7,20H2,1H3. The number of halogens is 3. The van der Waals surface area contributed by atoms with E-state index in [0.29, 0.717) is 6.07 Å². The van der Waals surface area contributed by atoms with Gasteiger partial charge in [0.05, 0.1) is 18.7 Å². The molecule has 25 heavy (non-hydrogen) atoms. The molecule has 0 aliphatic carbocycles. The van der Waals surface area contributed by atoms with Crippen molar-refractivity contribution >= 4 is 22.3 Å². The number of nitrogens with two attached hydrogens (primary N) is 1. The summed E-state index contributed by atoms with van der Waals surface area (Å²) < 4.78 is 44.2. The minimum Gasteiger partial charge on any atom is -0.462 e. The Balaban J connectivity index is 2.57. The van der Waals surface area contributed by atoms with Gasteiger partial charge in [0.15, 0.2) is 0 Å². The lowest BCUT2D eigenvalue weighted by Crippen LogP contribution is -2.28. The zero-order valence-corrected chi connectivity index (χ0v) is 13.7. The number of hydrogen-bond donors (Lipinski definition) is 1. The van der Waals surface area contributed by atoms with E-state index < -0.39 is 29.8 Å². The fourth-order valence-corrected chi connectivity index (χ4v) is 3.09.